The van der Waals surface area contributed by atoms with Gasteiger partial charge < -0.3 is 10.6 Å². The topological polar surface area (TPSA) is 77.3 Å². The summed E-state index contributed by atoms with van der Waals surface area (Å²) in [7, 11) is -0.716. The molecular weight excluding hydrogens is 459 g/mol. The molecule has 0 bridgehead atoms. The van der Waals surface area contributed by atoms with E-state index in [-0.39, 0.29) is 24.0 Å². The standard InChI is InChI=1S/C19H28N4OS.HI/c1-3-21-19(22-14-16-10-8-15(13-20)9-11-16)23-17-6-5-7-18(12-17)25(24)4-2;/h8-11,17-18H,3-7,12,14H2,1-2H3,(H2,21,22,23);1H. The average Bonchev–Trinajstić information content (AvgIpc) is 2.66. The molecule has 0 saturated heterocycles. The second kappa shape index (κ2) is 12.3. The third kappa shape index (κ3) is 7.23. The SMILES string of the molecule is CCNC(=NCc1ccc(C#N)cc1)NC1CCCC(S(=O)CC)C1.I. The lowest BCUT2D eigenvalue weighted by Gasteiger charge is -2.30. The molecule has 0 amide bonds. The Bertz CT molecular complexity index is 642. The number of aliphatic imine (C=N–C) groups is 1. The van der Waals surface area contributed by atoms with Gasteiger partial charge in [0.2, 0.25) is 0 Å². The fourth-order valence-corrected chi connectivity index (χ4v) is 4.47. The van der Waals surface area contributed by atoms with Gasteiger partial charge in [-0.1, -0.05) is 25.5 Å². The first kappa shape index (κ1) is 22.9. The number of guanidine groups is 1. The average molecular weight is 488 g/mol. The van der Waals surface area contributed by atoms with Crippen LogP contribution in [-0.2, 0) is 17.3 Å². The lowest BCUT2D eigenvalue weighted by molar-refractivity contribution is 0.413. The van der Waals surface area contributed by atoms with Crippen LogP contribution in [0.4, 0.5) is 0 Å². The summed E-state index contributed by atoms with van der Waals surface area (Å²) in [6.45, 7) is 5.42. The first-order valence-electron chi connectivity index (χ1n) is 9.07. The van der Waals surface area contributed by atoms with Gasteiger partial charge >= 0.3 is 0 Å². The minimum Gasteiger partial charge on any atom is -0.357 e. The van der Waals surface area contributed by atoms with Gasteiger partial charge in [0, 0.05) is 34.4 Å². The second-order valence-corrected chi connectivity index (χ2v) is 8.31. The van der Waals surface area contributed by atoms with Crippen molar-refractivity contribution in [2.75, 3.05) is 12.3 Å². The third-order valence-electron chi connectivity index (χ3n) is 4.47. The van der Waals surface area contributed by atoms with Gasteiger partial charge in [0.1, 0.15) is 0 Å². The van der Waals surface area contributed by atoms with Gasteiger partial charge in [-0.15, -0.1) is 24.0 Å². The van der Waals surface area contributed by atoms with Gasteiger partial charge in [-0.05, 0) is 43.9 Å². The molecule has 3 unspecified atom stereocenters. The number of benzene rings is 1. The lowest BCUT2D eigenvalue weighted by Crippen LogP contribution is -2.46. The number of halogens is 1. The summed E-state index contributed by atoms with van der Waals surface area (Å²) in [4.78, 5) is 4.66. The number of rotatable bonds is 6. The molecular formula is C19H29IN4OS. The Labute approximate surface area is 176 Å². The summed E-state index contributed by atoms with van der Waals surface area (Å²) in [5, 5.41) is 16.0. The fourth-order valence-electron chi connectivity index (χ4n) is 3.12. The normalized spacial score (nSPS) is 21.2. The van der Waals surface area contributed by atoms with E-state index in [2.05, 4.69) is 28.6 Å². The zero-order valence-corrected chi connectivity index (χ0v) is 18.7. The van der Waals surface area contributed by atoms with Gasteiger partial charge in [-0.25, -0.2) is 4.99 Å². The van der Waals surface area contributed by atoms with E-state index in [0.29, 0.717) is 23.4 Å². The molecule has 0 heterocycles. The lowest BCUT2D eigenvalue weighted by atomic mass is 9.95. The highest BCUT2D eigenvalue weighted by atomic mass is 127. The van der Waals surface area contributed by atoms with Gasteiger partial charge in [0.25, 0.3) is 0 Å². The predicted octanol–water partition coefficient (Wildman–Crippen LogP) is 3.31. The molecule has 0 aliphatic heterocycles. The molecule has 7 heteroatoms. The van der Waals surface area contributed by atoms with Crippen LogP contribution in [0.5, 0.6) is 0 Å². The molecule has 1 aliphatic rings. The first-order valence-corrected chi connectivity index (χ1v) is 10.5. The van der Waals surface area contributed by atoms with E-state index in [9.17, 15) is 4.21 Å². The monoisotopic (exact) mass is 488 g/mol. The quantitative estimate of drug-likeness (QED) is 0.366. The number of nitriles is 1. The molecule has 1 aromatic rings. The highest BCUT2D eigenvalue weighted by Gasteiger charge is 2.25. The molecule has 0 spiro atoms. The first-order chi connectivity index (χ1) is 12.2. The Balaban J connectivity index is 0.00000338. The van der Waals surface area contributed by atoms with Gasteiger partial charge in [0.05, 0.1) is 18.2 Å². The van der Waals surface area contributed by atoms with Crippen molar-refractivity contribution in [2.24, 2.45) is 4.99 Å². The van der Waals surface area contributed by atoms with E-state index in [4.69, 9.17) is 5.26 Å². The maximum absolute atomic E-state index is 12.1. The van der Waals surface area contributed by atoms with Crippen LogP contribution in [0.1, 0.15) is 50.7 Å². The highest BCUT2D eigenvalue weighted by molar-refractivity contribution is 14.0. The van der Waals surface area contributed by atoms with Gasteiger partial charge in [0.15, 0.2) is 5.96 Å². The second-order valence-electron chi connectivity index (χ2n) is 6.30. The van der Waals surface area contributed by atoms with Crippen molar-refractivity contribution >= 4 is 40.7 Å². The van der Waals surface area contributed by atoms with E-state index in [1.165, 1.54) is 0 Å². The minimum absolute atomic E-state index is 0. The zero-order valence-electron chi connectivity index (χ0n) is 15.5. The number of hydrogen-bond acceptors (Lipinski definition) is 3. The molecule has 1 aliphatic carbocycles. The molecule has 3 atom stereocenters. The molecule has 2 rings (SSSR count). The summed E-state index contributed by atoms with van der Waals surface area (Å²) >= 11 is 0. The zero-order chi connectivity index (χ0) is 18.1. The van der Waals surface area contributed by atoms with Crippen LogP contribution in [0, 0.1) is 11.3 Å². The Morgan fingerprint density at radius 1 is 1.31 bits per heavy atom. The van der Waals surface area contributed by atoms with Gasteiger partial charge in [-0.2, -0.15) is 5.26 Å². The van der Waals surface area contributed by atoms with Crippen LogP contribution in [0.15, 0.2) is 29.3 Å². The molecule has 1 saturated carbocycles. The predicted molar refractivity (Wildman–Crippen MR) is 119 cm³/mol. The van der Waals surface area contributed by atoms with Crippen molar-refractivity contribution in [3.63, 3.8) is 0 Å². The van der Waals surface area contributed by atoms with Crippen molar-refractivity contribution < 1.29 is 4.21 Å². The van der Waals surface area contributed by atoms with Crippen molar-refractivity contribution in [1.29, 1.82) is 5.26 Å². The summed E-state index contributed by atoms with van der Waals surface area (Å²) in [6.07, 6.45) is 4.22. The summed E-state index contributed by atoms with van der Waals surface area (Å²) in [5.41, 5.74) is 1.74. The van der Waals surface area contributed by atoms with E-state index in [1.807, 2.05) is 31.2 Å². The Morgan fingerprint density at radius 3 is 2.65 bits per heavy atom. The Kier molecular flexibility index (Phi) is 10.8. The van der Waals surface area contributed by atoms with Crippen LogP contribution >= 0.6 is 24.0 Å². The molecule has 0 aromatic heterocycles. The van der Waals surface area contributed by atoms with E-state index in [1.54, 1.807) is 0 Å². The maximum Gasteiger partial charge on any atom is 0.191 e. The summed E-state index contributed by atoms with van der Waals surface area (Å²) < 4.78 is 12.1. The Morgan fingerprint density at radius 2 is 2.04 bits per heavy atom. The third-order valence-corrected chi connectivity index (χ3v) is 6.21. The Hall–Kier alpha value is -1.14. The number of nitrogens with one attached hydrogen (secondary N) is 2. The van der Waals surface area contributed by atoms with Crippen LogP contribution < -0.4 is 10.6 Å². The minimum atomic E-state index is -0.716. The van der Waals surface area contributed by atoms with Crippen LogP contribution in [0.3, 0.4) is 0 Å². The van der Waals surface area contributed by atoms with Crippen molar-refractivity contribution in [3.8, 4) is 6.07 Å². The summed E-state index contributed by atoms with van der Waals surface area (Å²) in [5.74, 6) is 1.55. The van der Waals surface area contributed by atoms with Crippen molar-refractivity contribution in [3.05, 3.63) is 35.4 Å². The molecule has 2 N–H and O–H groups in total. The molecule has 5 nitrogen and oxygen atoms in total. The maximum atomic E-state index is 12.1. The van der Waals surface area contributed by atoms with Gasteiger partial charge in [-0.3, -0.25) is 4.21 Å². The van der Waals surface area contributed by atoms with Crippen LogP contribution in [0.25, 0.3) is 0 Å². The molecule has 144 valence electrons. The molecule has 0 radical (unpaired) electrons. The number of nitrogens with zero attached hydrogens (tertiary/aromatic N) is 2. The fraction of sp³-hybridized carbons (Fsp3) is 0.579. The largest absolute Gasteiger partial charge is 0.357 e. The van der Waals surface area contributed by atoms with E-state index < -0.39 is 10.8 Å². The van der Waals surface area contributed by atoms with Crippen LogP contribution in [-0.4, -0.2) is 33.8 Å². The number of hydrogen-bond donors (Lipinski definition) is 2. The molecule has 1 aromatic carbocycles. The van der Waals surface area contributed by atoms with E-state index in [0.717, 1.165) is 49.5 Å². The van der Waals surface area contributed by atoms with Crippen molar-refractivity contribution in [2.45, 2.75) is 57.4 Å². The van der Waals surface area contributed by atoms with E-state index >= 15 is 0 Å². The molecule has 1 fully saturated rings. The van der Waals surface area contributed by atoms with Crippen LogP contribution in [0.2, 0.25) is 0 Å². The van der Waals surface area contributed by atoms with Crippen molar-refractivity contribution in [1.82, 2.24) is 10.6 Å². The smallest absolute Gasteiger partial charge is 0.191 e. The summed E-state index contributed by atoms with van der Waals surface area (Å²) in [6, 6.07) is 9.96. The highest BCUT2D eigenvalue weighted by Crippen LogP contribution is 2.23. The molecule has 26 heavy (non-hydrogen) atoms.